The van der Waals surface area contributed by atoms with Gasteiger partial charge in [-0.1, -0.05) is 35.3 Å². The Morgan fingerprint density at radius 2 is 1.84 bits per heavy atom. The van der Waals surface area contributed by atoms with Gasteiger partial charge in [-0.05, 0) is 48.5 Å². The predicted octanol–water partition coefficient (Wildman–Crippen LogP) is 6.70. The molecule has 0 saturated carbocycles. The number of carboxylic acids is 1. The molecule has 4 rings (SSSR count). The Kier molecular flexibility index (Phi) is 6.11. The molecule has 0 saturated heterocycles. The lowest BCUT2D eigenvalue weighted by atomic mass is 10.1. The van der Waals surface area contributed by atoms with Crippen molar-refractivity contribution in [1.29, 1.82) is 0 Å². The van der Waals surface area contributed by atoms with E-state index in [1.54, 1.807) is 60.9 Å². The molecule has 156 valence electrons. The maximum atomic E-state index is 11.5. The molecule has 6 nitrogen and oxygen atoms in total. The molecule has 4 aromatic rings. The van der Waals surface area contributed by atoms with Gasteiger partial charge in [-0.2, -0.15) is 0 Å². The minimum absolute atomic E-state index is 0.180. The molecular weight excluding hydrogens is 437 g/mol. The van der Waals surface area contributed by atoms with Gasteiger partial charge >= 0.3 is 5.97 Å². The molecule has 0 aliphatic heterocycles. The summed E-state index contributed by atoms with van der Waals surface area (Å²) in [6, 6.07) is 17.4. The molecule has 0 atom stereocenters. The fraction of sp³-hybridized carbons (Fsp3) is 0.0435. The average molecular weight is 454 g/mol. The van der Waals surface area contributed by atoms with Gasteiger partial charge < -0.3 is 20.2 Å². The number of halogens is 2. The van der Waals surface area contributed by atoms with Gasteiger partial charge in [-0.3, -0.25) is 4.98 Å². The fourth-order valence-electron chi connectivity index (χ4n) is 3.05. The molecule has 0 aliphatic rings. The van der Waals surface area contributed by atoms with E-state index in [-0.39, 0.29) is 5.56 Å². The predicted molar refractivity (Wildman–Crippen MR) is 122 cm³/mol. The first-order chi connectivity index (χ1) is 15.0. The van der Waals surface area contributed by atoms with Crippen molar-refractivity contribution in [2.75, 3.05) is 10.6 Å². The van der Waals surface area contributed by atoms with Crippen LogP contribution in [0.15, 0.2) is 77.5 Å². The van der Waals surface area contributed by atoms with Crippen LogP contribution in [-0.2, 0) is 6.54 Å². The summed E-state index contributed by atoms with van der Waals surface area (Å²) in [5.74, 6) is 0.297. The van der Waals surface area contributed by atoms with Gasteiger partial charge in [0.05, 0.1) is 40.4 Å². The van der Waals surface area contributed by atoms with E-state index in [9.17, 15) is 9.90 Å². The molecule has 31 heavy (non-hydrogen) atoms. The van der Waals surface area contributed by atoms with Crippen LogP contribution in [0.25, 0.3) is 11.3 Å². The summed E-state index contributed by atoms with van der Waals surface area (Å²) in [6.45, 7) is 0.388. The Balaban J connectivity index is 1.51. The second-order valence-electron chi connectivity index (χ2n) is 6.64. The highest BCUT2D eigenvalue weighted by atomic mass is 35.5. The Hall–Kier alpha value is -3.48. The topological polar surface area (TPSA) is 87.4 Å². The van der Waals surface area contributed by atoms with E-state index in [4.69, 9.17) is 27.6 Å². The lowest BCUT2D eigenvalue weighted by Crippen LogP contribution is -2.05. The molecule has 0 aliphatic carbocycles. The molecule has 0 unspecified atom stereocenters. The molecule has 2 aromatic carbocycles. The monoisotopic (exact) mass is 453 g/mol. The Labute approximate surface area is 188 Å². The standard InChI is InChI=1S/C23H17Cl2N3O3/c24-14-5-7-18(25)17(11-14)22-8-6-15(31-22)12-27-21-13-26-10-9-20(21)28-19-4-2-1-3-16(19)23(29)30/h1-11,13,27H,12H2,(H,26,28)(H,29,30). The summed E-state index contributed by atoms with van der Waals surface area (Å²) in [5.41, 5.74) is 2.77. The van der Waals surface area contributed by atoms with Gasteiger partial charge in [-0.25, -0.2) is 4.79 Å². The molecule has 8 heteroatoms. The molecule has 2 heterocycles. The van der Waals surface area contributed by atoms with Gasteiger partial charge in [0.15, 0.2) is 0 Å². The number of nitrogens with one attached hydrogen (secondary N) is 2. The van der Waals surface area contributed by atoms with Crippen LogP contribution in [0.4, 0.5) is 17.1 Å². The van der Waals surface area contributed by atoms with E-state index in [1.165, 1.54) is 0 Å². The van der Waals surface area contributed by atoms with Gasteiger partial charge in [0.1, 0.15) is 11.5 Å². The molecule has 3 N–H and O–H groups in total. The van der Waals surface area contributed by atoms with Crippen LogP contribution in [0.3, 0.4) is 0 Å². The van der Waals surface area contributed by atoms with Crippen molar-refractivity contribution in [2.45, 2.75) is 6.54 Å². The maximum absolute atomic E-state index is 11.5. The summed E-state index contributed by atoms with van der Waals surface area (Å²) < 4.78 is 5.91. The second kappa shape index (κ2) is 9.12. The fourth-order valence-corrected chi connectivity index (χ4v) is 3.44. The third kappa shape index (κ3) is 4.82. The van der Waals surface area contributed by atoms with Crippen LogP contribution in [0.2, 0.25) is 10.0 Å². The number of carbonyl (C=O) groups is 1. The van der Waals surface area contributed by atoms with Crippen LogP contribution in [-0.4, -0.2) is 16.1 Å². The summed E-state index contributed by atoms with van der Waals surface area (Å²) in [6.07, 6.45) is 3.28. The smallest absolute Gasteiger partial charge is 0.337 e. The number of hydrogen-bond donors (Lipinski definition) is 3. The number of furan rings is 1. The zero-order valence-electron chi connectivity index (χ0n) is 16.1. The van der Waals surface area contributed by atoms with Crippen LogP contribution in [0.1, 0.15) is 16.1 Å². The summed E-state index contributed by atoms with van der Waals surface area (Å²) in [5, 5.41) is 16.9. The largest absolute Gasteiger partial charge is 0.478 e. The number of aromatic carboxylic acids is 1. The summed E-state index contributed by atoms with van der Waals surface area (Å²) in [7, 11) is 0. The Bertz CT molecular complexity index is 1240. The molecular formula is C23H17Cl2N3O3. The van der Waals surface area contributed by atoms with Crippen LogP contribution in [0.5, 0.6) is 0 Å². The van der Waals surface area contributed by atoms with E-state index in [0.29, 0.717) is 45.2 Å². The highest BCUT2D eigenvalue weighted by molar-refractivity contribution is 6.35. The quantitative estimate of drug-likeness (QED) is 0.288. The molecule has 2 aromatic heterocycles. The van der Waals surface area contributed by atoms with Gasteiger partial charge in [0.2, 0.25) is 0 Å². The van der Waals surface area contributed by atoms with Crippen molar-refractivity contribution in [3.63, 3.8) is 0 Å². The minimum Gasteiger partial charge on any atom is -0.478 e. The summed E-state index contributed by atoms with van der Waals surface area (Å²) >= 11 is 12.3. The lowest BCUT2D eigenvalue weighted by Gasteiger charge is -2.14. The van der Waals surface area contributed by atoms with Crippen LogP contribution >= 0.6 is 23.2 Å². The Morgan fingerprint density at radius 1 is 1.00 bits per heavy atom. The highest BCUT2D eigenvalue weighted by Crippen LogP contribution is 2.32. The van der Waals surface area contributed by atoms with Gasteiger partial charge in [0, 0.05) is 16.8 Å². The summed E-state index contributed by atoms with van der Waals surface area (Å²) in [4.78, 5) is 15.6. The maximum Gasteiger partial charge on any atom is 0.337 e. The number of anilines is 3. The van der Waals surface area contributed by atoms with E-state index in [1.807, 2.05) is 12.1 Å². The normalized spacial score (nSPS) is 10.6. The van der Waals surface area contributed by atoms with Crippen molar-refractivity contribution in [1.82, 2.24) is 4.98 Å². The number of aromatic nitrogens is 1. The zero-order chi connectivity index (χ0) is 21.8. The van der Waals surface area contributed by atoms with E-state index >= 15 is 0 Å². The van der Waals surface area contributed by atoms with Crippen molar-refractivity contribution < 1.29 is 14.3 Å². The SMILES string of the molecule is O=C(O)c1ccccc1Nc1ccncc1NCc1ccc(-c2cc(Cl)ccc2Cl)o1. The number of carboxylic acid groups (broad SMARTS) is 1. The van der Waals surface area contributed by atoms with E-state index < -0.39 is 5.97 Å². The van der Waals surface area contributed by atoms with Crippen LogP contribution < -0.4 is 10.6 Å². The minimum atomic E-state index is -1.01. The van der Waals surface area contributed by atoms with Crippen molar-refractivity contribution in [3.05, 3.63) is 94.4 Å². The molecule has 0 radical (unpaired) electrons. The van der Waals surface area contributed by atoms with E-state index in [0.717, 1.165) is 5.56 Å². The number of benzene rings is 2. The number of pyridine rings is 1. The number of rotatable bonds is 7. The zero-order valence-corrected chi connectivity index (χ0v) is 17.6. The van der Waals surface area contributed by atoms with Gasteiger partial charge in [-0.15, -0.1) is 0 Å². The molecule has 0 amide bonds. The highest BCUT2D eigenvalue weighted by Gasteiger charge is 2.12. The third-order valence-corrected chi connectivity index (χ3v) is 5.12. The number of hydrogen-bond acceptors (Lipinski definition) is 5. The Morgan fingerprint density at radius 3 is 2.68 bits per heavy atom. The first kappa shape index (κ1) is 20.8. The molecule has 0 fully saturated rings. The van der Waals surface area contributed by atoms with E-state index in [2.05, 4.69) is 15.6 Å². The number of nitrogens with zero attached hydrogens (tertiary/aromatic N) is 1. The lowest BCUT2D eigenvalue weighted by molar-refractivity contribution is 0.0698. The van der Waals surface area contributed by atoms with Crippen molar-refractivity contribution >= 4 is 46.2 Å². The van der Waals surface area contributed by atoms with Crippen molar-refractivity contribution in [2.24, 2.45) is 0 Å². The van der Waals surface area contributed by atoms with Crippen molar-refractivity contribution in [3.8, 4) is 11.3 Å². The first-order valence-electron chi connectivity index (χ1n) is 9.32. The molecule has 0 spiro atoms. The third-order valence-electron chi connectivity index (χ3n) is 4.56. The first-order valence-corrected chi connectivity index (χ1v) is 10.1. The number of para-hydroxylation sites is 1. The second-order valence-corrected chi connectivity index (χ2v) is 7.48. The average Bonchev–Trinajstić information content (AvgIpc) is 3.24. The van der Waals surface area contributed by atoms with Crippen LogP contribution in [0, 0.1) is 0 Å². The van der Waals surface area contributed by atoms with Gasteiger partial charge in [0.25, 0.3) is 0 Å². The molecule has 0 bridgehead atoms.